The summed E-state index contributed by atoms with van der Waals surface area (Å²) in [5, 5.41) is 2.65. The van der Waals surface area contributed by atoms with E-state index in [1.165, 1.54) is 23.7 Å². The number of nitrogens with zero attached hydrogens (tertiary/aromatic N) is 3. The molecule has 0 spiro atoms. The highest BCUT2D eigenvalue weighted by Crippen LogP contribution is 2.34. The van der Waals surface area contributed by atoms with Gasteiger partial charge in [-0.25, -0.2) is 9.38 Å². The number of hydrogen-bond acceptors (Lipinski definition) is 5. The summed E-state index contributed by atoms with van der Waals surface area (Å²) in [6.07, 6.45) is 1.97. The minimum Gasteiger partial charge on any atom is -0.481 e. The van der Waals surface area contributed by atoms with Gasteiger partial charge in [0, 0.05) is 30.6 Å². The van der Waals surface area contributed by atoms with Crippen LogP contribution in [0.25, 0.3) is 0 Å². The van der Waals surface area contributed by atoms with E-state index in [0.717, 1.165) is 25.2 Å². The number of benzene rings is 1. The Hall–Kier alpha value is -2.22. The molecule has 1 N–H and O–H groups in total. The molecule has 0 saturated carbocycles. The van der Waals surface area contributed by atoms with Crippen LogP contribution < -0.4 is 14.9 Å². The number of aromatic nitrogens is 2. The Kier molecular flexibility index (Phi) is 2.78. The van der Waals surface area contributed by atoms with Gasteiger partial charge in [0.1, 0.15) is 17.3 Å². The van der Waals surface area contributed by atoms with E-state index in [2.05, 4.69) is 14.7 Å². The number of hydrogen-bond donors (Lipinski definition) is 1. The second-order valence-corrected chi connectivity index (χ2v) is 5.62. The minimum absolute atomic E-state index is 0.0961. The largest absolute Gasteiger partial charge is 0.481 e. The van der Waals surface area contributed by atoms with Gasteiger partial charge in [0.15, 0.2) is 12.4 Å². The smallest absolute Gasteiger partial charge is 0.262 e. The number of nitrogens with one attached hydrogen (secondary N) is 1. The van der Waals surface area contributed by atoms with Gasteiger partial charge in [-0.1, -0.05) is 0 Å². The molecule has 0 bridgehead atoms. The van der Waals surface area contributed by atoms with E-state index in [1.807, 2.05) is 4.57 Å². The summed E-state index contributed by atoms with van der Waals surface area (Å²) in [6, 6.07) is 2.74. The van der Waals surface area contributed by atoms with Crippen molar-refractivity contribution in [3.8, 4) is 5.75 Å². The normalized spacial score (nSPS) is 17.2. The molecule has 0 aliphatic carbocycles. The zero-order chi connectivity index (χ0) is 14.4. The molecule has 0 fully saturated rings. The maximum absolute atomic E-state index is 14.1. The summed E-state index contributed by atoms with van der Waals surface area (Å²) >= 11 is 1.25. The summed E-state index contributed by atoms with van der Waals surface area (Å²) in [6.45, 7) is 0.762. The molecule has 0 radical (unpaired) electrons. The Bertz CT molecular complexity index is 811. The van der Waals surface area contributed by atoms with Crippen molar-refractivity contribution in [1.82, 2.24) is 8.94 Å². The topological polar surface area (TPSA) is 68.5 Å². The lowest BCUT2D eigenvalue weighted by molar-refractivity contribution is -0.118. The standard InChI is InChI=1S/C13H11FN4O2S/c14-7-4-10-9(15-12(19)6-20-10)5-8(7)16-13-18-3-1-2-11(18)17-21-13/h4-5H,1-3,6H2,(H,15,19)/b16-13-. The Morgan fingerprint density at radius 3 is 3.29 bits per heavy atom. The van der Waals surface area contributed by atoms with E-state index in [-0.39, 0.29) is 18.2 Å². The van der Waals surface area contributed by atoms with E-state index >= 15 is 0 Å². The summed E-state index contributed by atoms with van der Waals surface area (Å²) in [5.41, 5.74) is 0.614. The summed E-state index contributed by atoms with van der Waals surface area (Å²) in [4.78, 5) is 16.3. The molecule has 8 heteroatoms. The highest BCUT2D eigenvalue weighted by Gasteiger charge is 2.19. The van der Waals surface area contributed by atoms with Gasteiger partial charge < -0.3 is 14.6 Å². The van der Waals surface area contributed by atoms with Gasteiger partial charge in [-0.2, -0.15) is 4.37 Å². The maximum Gasteiger partial charge on any atom is 0.262 e. The third-order valence-corrected chi connectivity index (χ3v) is 4.23. The number of carbonyl (C=O) groups excluding carboxylic acids is 1. The molecule has 2 aliphatic heterocycles. The van der Waals surface area contributed by atoms with Crippen LogP contribution in [0.5, 0.6) is 5.75 Å². The fraction of sp³-hybridized carbons (Fsp3) is 0.308. The second kappa shape index (κ2) is 4.66. The molecule has 2 aliphatic rings. The lowest BCUT2D eigenvalue weighted by Crippen LogP contribution is -2.25. The van der Waals surface area contributed by atoms with Crippen molar-refractivity contribution in [1.29, 1.82) is 0 Å². The van der Waals surface area contributed by atoms with Crippen molar-refractivity contribution in [3.05, 3.63) is 28.6 Å². The fourth-order valence-electron chi connectivity index (χ4n) is 2.46. The first kappa shape index (κ1) is 12.5. The summed E-state index contributed by atoms with van der Waals surface area (Å²) in [5.74, 6) is 0.584. The first-order chi connectivity index (χ1) is 10.2. The number of halogens is 1. The maximum atomic E-state index is 14.1. The molecule has 1 amide bonds. The van der Waals surface area contributed by atoms with Gasteiger partial charge in [-0.05, 0) is 12.5 Å². The highest BCUT2D eigenvalue weighted by molar-refractivity contribution is 7.02. The molecule has 0 saturated heterocycles. The number of aryl methyl sites for hydroxylation is 1. The van der Waals surface area contributed by atoms with E-state index in [0.29, 0.717) is 16.2 Å². The molecule has 1 aromatic carbocycles. The van der Waals surface area contributed by atoms with Crippen molar-refractivity contribution >= 4 is 28.8 Å². The average Bonchev–Trinajstić information content (AvgIpc) is 3.05. The van der Waals surface area contributed by atoms with Gasteiger partial charge in [0.25, 0.3) is 5.91 Å². The quantitative estimate of drug-likeness (QED) is 0.870. The Morgan fingerprint density at radius 1 is 1.48 bits per heavy atom. The second-order valence-electron chi connectivity index (χ2n) is 4.89. The van der Waals surface area contributed by atoms with Crippen LogP contribution in [-0.4, -0.2) is 21.5 Å². The van der Waals surface area contributed by atoms with Gasteiger partial charge >= 0.3 is 0 Å². The molecule has 3 heterocycles. The van der Waals surface area contributed by atoms with Crippen molar-refractivity contribution in [2.45, 2.75) is 19.4 Å². The molecule has 21 heavy (non-hydrogen) atoms. The third kappa shape index (κ3) is 2.11. The molecular weight excluding hydrogens is 295 g/mol. The van der Waals surface area contributed by atoms with Gasteiger partial charge in [0.05, 0.1) is 5.69 Å². The summed E-state index contributed by atoms with van der Waals surface area (Å²) < 4.78 is 25.6. The van der Waals surface area contributed by atoms with Crippen LogP contribution in [0, 0.1) is 5.82 Å². The van der Waals surface area contributed by atoms with E-state index in [1.54, 1.807) is 0 Å². The predicted molar refractivity (Wildman–Crippen MR) is 74.2 cm³/mol. The van der Waals surface area contributed by atoms with Crippen LogP contribution in [0.2, 0.25) is 0 Å². The molecule has 4 rings (SSSR count). The molecule has 6 nitrogen and oxygen atoms in total. The van der Waals surface area contributed by atoms with Gasteiger partial charge in [0.2, 0.25) is 4.80 Å². The predicted octanol–water partition coefficient (Wildman–Crippen LogP) is 1.59. The number of rotatable bonds is 1. The highest BCUT2D eigenvalue weighted by atomic mass is 32.1. The van der Waals surface area contributed by atoms with Crippen LogP contribution in [0.4, 0.5) is 15.8 Å². The summed E-state index contributed by atoms with van der Waals surface area (Å²) in [7, 11) is 0. The number of amides is 1. The van der Waals surface area contributed by atoms with E-state index in [9.17, 15) is 9.18 Å². The zero-order valence-corrected chi connectivity index (χ0v) is 11.7. The Morgan fingerprint density at radius 2 is 2.38 bits per heavy atom. The van der Waals surface area contributed by atoms with Crippen LogP contribution in [-0.2, 0) is 17.8 Å². The number of ether oxygens (including phenoxy) is 1. The lowest BCUT2D eigenvalue weighted by atomic mass is 10.2. The first-order valence-electron chi connectivity index (χ1n) is 6.57. The first-order valence-corrected chi connectivity index (χ1v) is 7.34. The Labute approximate surface area is 123 Å². The minimum atomic E-state index is -0.481. The van der Waals surface area contributed by atoms with E-state index in [4.69, 9.17) is 4.74 Å². The van der Waals surface area contributed by atoms with Gasteiger partial charge in [-0.15, -0.1) is 0 Å². The number of anilines is 1. The Balaban J connectivity index is 1.82. The van der Waals surface area contributed by atoms with Crippen LogP contribution >= 0.6 is 11.5 Å². The lowest BCUT2D eigenvalue weighted by Gasteiger charge is -2.18. The number of carbonyl (C=O) groups is 1. The molecule has 2 aromatic rings. The van der Waals surface area contributed by atoms with Crippen LogP contribution in [0.3, 0.4) is 0 Å². The SMILES string of the molecule is O=C1COc2cc(F)c(/N=c3\snc4n3CCC4)cc2N1. The molecule has 1 aromatic heterocycles. The fourth-order valence-corrected chi connectivity index (χ4v) is 3.27. The third-order valence-electron chi connectivity index (χ3n) is 3.46. The molecule has 108 valence electrons. The van der Waals surface area contributed by atoms with Crippen LogP contribution in [0.1, 0.15) is 12.2 Å². The average molecular weight is 306 g/mol. The van der Waals surface area contributed by atoms with E-state index < -0.39 is 5.82 Å². The monoisotopic (exact) mass is 306 g/mol. The molecule has 0 atom stereocenters. The van der Waals surface area contributed by atoms with Crippen LogP contribution in [0.15, 0.2) is 17.1 Å². The van der Waals surface area contributed by atoms with Crippen molar-refractivity contribution in [3.63, 3.8) is 0 Å². The van der Waals surface area contributed by atoms with Crippen molar-refractivity contribution in [2.24, 2.45) is 4.99 Å². The molecular formula is C13H11FN4O2S. The van der Waals surface area contributed by atoms with Crippen molar-refractivity contribution < 1.29 is 13.9 Å². The molecule has 0 unspecified atom stereocenters. The van der Waals surface area contributed by atoms with Gasteiger partial charge in [-0.3, -0.25) is 4.79 Å². The van der Waals surface area contributed by atoms with Crippen molar-refractivity contribution in [2.75, 3.05) is 11.9 Å². The zero-order valence-electron chi connectivity index (χ0n) is 10.9. The number of fused-ring (bicyclic) bond motifs is 2.